The first-order valence-electron chi connectivity index (χ1n) is 7.91. The highest BCUT2D eigenvalue weighted by molar-refractivity contribution is 6.08. The molecule has 0 aliphatic carbocycles. The van der Waals surface area contributed by atoms with Crippen LogP contribution in [-0.2, 0) is 6.54 Å². The van der Waals surface area contributed by atoms with Gasteiger partial charge in [-0.05, 0) is 19.4 Å². The quantitative estimate of drug-likeness (QED) is 0.688. The highest BCUT2D eigenvalue weighted by atomic mass is 16.1. The van der Waals surface area contributed by atoms with Crippen LogP contribution >= 0.6 is 0 Å². The number of carbonyl (C=O) groups excluding carboxylic acids is 1. The monoisotopic (exact) mass is 317 g/mol. The molecule has 0 amide bonds. The number of aryl methyl sites for hydroxylation is 2. The van der Waals surface area contributed by atoms with Crippen molar-refractivity contribution in [2.24, 2.45) is 0 Å². The van der Waals surface area contributed by atoms with E-state index in [0.29, 0.717) is 17.7 Å². The summed E-state index contributed by atoms with van der Waals surface area (Å²) in [5.74, 6) is 0.0258. The predicted octanol–water partition coefficient (Wildman–Crippen LogP) is 3.74. The first-order chi connectivity index (χ1) is 11.5. The van der Waals surface area contributed by atoms with Crippen molar-refractivity contribution in [3.8, 4) is 0 Å². The van der Waals surface area contributed by atoms with Gasteiger partial charge in [-0.25, -0.2) is 0 Å². The van der Waals surface area contributed by atoms with Crippen LogP contribution < -0.4 is 5.43 Å². The Bertz CT molecular complexity index is 896. The average Bonchev–Trinajstić information content (AvgIpc) is 2.59. The largest absolute Gasteiger partial charge is 0.345 e. The molecule has 0 aliphatic rings. The molecule has 0 unspecified atom stereocenters. The van der Waals surface area contributed by atoms with Crippen molar-refractivity contribution in [3.63, 3.8) is 0 Å². The number of aromatic nitrogens is 1. The first-order valence-corrected chi connectivity index (χ1v) is 7.91. The summed E-state index contributed by atoms with van der Waals surface area (Å²) in [7, 11) is 0. The van der Waals surface area contributed by atoms with Crippen molar-refractivity contribution in [1.29, 1.82) is 0 Å². The van der Waals surface area contributed by atoms with Gasteiger partial charge in [-0.2, -0.15) is 0 Å². The second kappa shape index (κ2) is 6.67. The minimum absolute atomic E-state index is 0.0258. The molecule has 3 aromatic rings. The van der Waals surface area contributed by atoms with E-state index in [1.807, 2.05) is 68.4 Å². The van der Waals surface area contributed by atoms with E-state index in [1.54, 1.807) is 12.1 Å². The molecule has 120 valence electrons. The number of benzene rings is 2. The third-order valence-corrected chi connectivity index (χ3v) is 4.15. The Balaban J connectivity index is 1.83. The average molecular weight is 317 g/mol. The Kier molecular flexibility index (Phi) is 4.43. The number of hydrogen-bond acceptors (Lipinski definition) is 2. The van der Waals surface area contributed by atoms with Gasteiger partial charge >= 0.3 is 0 Å². The van der Waals surface area contributed by atoms with E-state index >= 15 is 0 Å². The molecule has 3 nitrogen and oxygen atoms in total. The highest BCUT2D eigenvalue weighted by Crippen LogP contribution is 2.13. The second-order valence-corrected chi connectivity index (χ2v) is 5.95. The molecule has 0 aliphatic heterocycles. The third-order valence-electron chi connectivity index (χ3n) is 4.15. The summed E-state index contributed by atoms with van der Waals surface area (Å²) in [4.78, 5) is 23.9. The van der Waals surface area contributed by atoms with Crippen molar-refractivity contribution < 1.29 is 4.79 Å². The van der Waals surface area contributed by atoms with E-state index in [0.717, 1.165) is 17.0 Å². The predicted molar refractivity (Wildman–Crippen MR) is 95.6 cm³/mol. The molecular formula is C21H19NO2. The van der Waals surface area contributed by atoms with Gasteiger partial charge in [0.1, 0.15) is 0 Å². The van der Waals surface area contributed by atoms with Crippen molar-refractivity contribution in [2.45, 2.75) is 20.4 Å². The Labute approximate surface area is 141 Å². The lowest BCUT2D eigenvalue weighted by atomic mass is 10.0. The number of rotatable bonds is 4. The lowest BCUT2D eigenvalue weighted by molar-refractivity contribution is 0.103. The zero-order valence-corrected chi connectivity index (χ0v) is 13.8. The Morgan fingerprint density at radius 3 is 1.96 bits per heavy atom. The molecule has 0 spiro atoms. The van der Waals surface area contributed by atoms with E-state index in [-0.39, 0.29) is 11.2 Å². The van der Waals surface area contributed by atoms with Crippen molar-refractivity contribution in [2.75, 3.05) is 0 Å². The maximum Gasteiger partial charge on any atom is 0.193 e. The molecule has 0 fully saturated rings. The van der Waals surface area contributed by atoms with Crippen LogP contribution in [0.5, 0.6) is 0 Å². The third kappa shape index (κ3) is 3.35. The molecule has 24 heavy (non-hydrogen) atoms. The summed E-state index contributed by atoms with van der Waals surface area (Å²) in [6.07, 6.45) is 0. The standard InChI is InChI=1S/C21H19NO2/c1-15-12-20(23)13-16(2)22(15)14-17-8-10-19(11-9-17)21(24)18-6-4-3-5-7-18/h3-13H,14H2,1-2H3. The molecule has 1 aromatic heterocycles. The summed E-state index contributed by atoms with van der Waals surface area (Å²) in [5, 5.41) is 0. The number of carbonyl (C=O) groups is 1. The van der Waals surface area contributed by atoms with Crippen LogP contribution in [0.15, 0.2) is 71.5 Å². The van der Waals surface area contributed by atoms with Crippen molar-refractivity contribution >= 4 is 5.78 Å². The van der Waals surface area contributed by atoms with Gasteiger partial charge in [0.2, 0.25) is 0 Å². The van der Waals surface area contributed by atoms with Crippen LogP contribution in [0.1, 0.15) is 32.9 Å². The van der Waals surface area contributed by atoms with E-state index in [9.17, 15) is 9.59 Å². The molecule has 0 bridgehead atoms. The summed E-state index contributed by atoms with van der Waals surface area (Å²) >= 11 is 0. The maximum atomic E-state index is 12.4. The molecule has 3 rings (SSSR count). The minimum Gasteiger partial charge on any atom is -0.345 e. The Morgan fingerprint density at radius 2 is 1.38 bits per heavy atom. The lowest BCUT2D eigenvalue weighted by Crippen LogP contribution is -2.13. The number of hydrogen-bond donors (Lipinski definition) is 0. The van der Waals surface area contributed by atoms with E-state index in [4.69, 9.17) is 0 Å². The van der Waals surface area contributed by atoms with E-state index < -0.39 is 0 Å². The van der Waals surface area contributed by atoms with Gasteiger partial charge < -0.3 is 4.57 Å². The summed E-state index contributed by atoms with van der Waals surface area (Å²) in [6, 6.07) is 20.2. The number of pyridine rings is 1. The molecule has 0 saturated heterocycles. The molecule has 0 saturated carbocycles. The van der Waals surface area contributed by atoms with Gasteiger partial charge in [0.25, 0.3) is 0 Å². The fourth-order valence-corrected chi connectivity index (χ4v) is 2.84. The summed E-state index contributed by atoms with van der Waals surface area (Å²) < 4.78 is 2.09. The van der Waals surface area contributed by atoms with E-state index in [1.165, 1.54) is 0 Å². The van der Waals surface area contributed by atoms with Crippen LogP contribution in [-0.4, -0.2) is 10.4 Å². The van der Waals surface area contributed by atoms with Crippen molar-refractivity contribution in [3.05, 3.63) is 105 Å². The van der Waals surface area contributed by atoms with Crippen LogP contribution in [0, 0.1) is 13.8 Å². The fraction of sp³-hybridized carbons (Fsp3) is 0.143. The Morgan fingerprint density at radius 1 is 0.833 bits per heavy atom. The molecule has 0 atom stereocenters. The topological polar surface area (TPSA) is 39.1 Å². The molecule has 3 heteroatoms. The van der Waals surface area contributed by atoms with Crippen molar-refractivity contribution in [1.82, 2.24) is 4.57 Å². The maximum absolute atomic E-state index is 12.4. The lowest BCUT2D eigenvalue weighted by Gasteiger charge is -2.14. The van der Waals surface area contributed by atoms with Gasteiger partial charge in [0.05, 0.1) is 0 Å². The highest BCUT2D eigenvalue weighted by Gasteiger charge is 2.09. The zero-order valence-electron chi connectivity index (χ0n) is 13.8. The van der Waals surface area contributed by atoms with Gasteiger partial charge in [0, 0.05) is 41.2 Å². The SMILES string of the molecule is Cc1cc(=O)cc(C)n1Cc1ccc(C(=O)c2ccccc2)cc1. The molecule has 2 aromatic carbocycles. The van der Waals surface area contributed by atoms with Crippen LogP contribution in [0.4, 0.5) is 0 Å². The molecular weight excluding hydrogens is 298 g/mol. The molecule has 0 N–H and O–H groups in total. The van der Waals surface area contributed by atoms with Gasteiger partial charge in [-0.3, -0.25) is 9.59 Å². The summed E-state index contributed by atoms with van der Waals surface area (Å²) in [6.45, 7) is 4.54. The number of nitrogens with zero attached hydrogens (tertiary/aromatic N) is 1. The second-order valence-electron chi connectivity index (χ2n) is 5.95. The minimum atomic E-state index is 0.0258. The molecule has 1 heterocycles. The zero-order chi connectivity index (χ0) is 17.1. The van der Waals surface area contributed by atoms with Crippen LogP contribution in [0.3, 0.4) is 0 Å². The van der Waals surface area contributed by atoms with Crippen LogP contribution in [0.2, 0.25) is 0 Å². The van der Waals surface area contributed by atoms with E-state index in [2.05, 4.69) is 4.57 Å². The van der Waals surface area contributed by atoms with Gasteiger partial charge in [-0.15, -0.1) is 0 Å². The first kappa shape index (κ1) is 15.9. The smallest absolute Gasteiger partial charge is 0.193 e. The van der Waals surface area contributed by atoms with Crippen LogP contribution in [0.25, 0.3) is 0 Å². The fourth-order valence-electron chi connectivity index (χ4n) is 2.84. The van der Waals surface area contributed by atoms with Gasteiger partial charge in [0.15, 0.2) is 11.2 Å². The van der Waals surface area contributed by atoms with Gasteiger partial charge in [-0.1, -0.05) is 54.6 Å². The Hall–Kier alpha value is -2.94. The number of ketones is 1. The normalized spacial score (nSPS) is 10.6. The summed E-state index contributed by atoms with van der Waals surface area (Å²) in [5.41, 5.74) is 4.36. The molecule has 0 radical (unpaired) electrons.